The molecule has 89 valence electrons. The molecule has 14 N–H and O–H groups in total. The fraction of sp³-hybridized carbons (Fsp3) is 0. The van der Waals surface area contributed by atoms with E-state index in [4.69, 9.17) is 15.3 Å². The number of hydrogen-bond donors (Lipinski definition) is 0. The van der Waals surface area contributed by atoms with E-state index in [1.165, 1.54) is 0 Å². The Kier molecular flexibility index (Phi) is 2770. The van der Waals surface area contributed by atoms with E-state index < -0.39 is 5.09 Å². The first-order valence-corrected chi connectivity index (χ1v) is 0.548. The van der Waals surface area contributed by atoms with Gasteiger partial charge in [0.1, 0.15) is 0 Å². The van der Waals surface area contributed by atoms with Crippen molar-refractivity contribution in [2.45, 2.75) is 0 Å². The predicted molar refractivity (Wildman–Crippen MR) is 35.7 cm³/mol. The molecule has 0 aliphatic heterocycles. The van der Waals surface area contributed by atoms with E-state index in [-0.39, 0.29) is 55.1 Å². The second kappa shape index (κ2) is 157. The van der Waals surface area contributed by atoms with Gasteiger partial charge in [-0.3, -0.25) is 0 Å². The minimum atomic E-state index is -1.75. The molecule has 0 aliphatic carbocycles. The summed E-state index contributed by atoms with van der Waals surface area (Å²) in [5, 5.41) is 14.8. The largest absolute Gasteiger partial charge is 0.412 e. The van der Waals surface area contributed by atoms with Gasteiger partial charge in [0.05, 0.1) is 5.09 Å². The Balaban J connectivity index is -0.00000000161. The summed E-state index contributed by atoms with van der Waals surface area (Å²) in [6.45, 7) is 0. The van der Waals surface area contributed by atoms with Crippen LogP contribution in [0.5, 0.6) is 0 Å². The predicted octanol–water partition coefficient (Wildman–Crippen LogP) is -6.01. The summed E-state index contributed by atoms with van der Waals surface area (Å²) in [5.74, 6) is 0. The van der Waals surface area contributed by atoms with Gasteiger partial charge in [0.15, 0.2) is 0 Å². The monoisotopic (exact) mass is 247 g/mol. The molecule has 0 aromatic carbocycles. The van der Waals surface area contributed by atoms with Crippen LogP contribution in [0.2, 0.25) is 0 Å². The molecule has 0 aromatic heterocycles. The van der Waals surface area contributed by atoms with Crippen LogP contribution in [-0.2, 0) is 16.8 Å². The van der Waals surface area contributed by atoms with Gasteiger partial charge in [-0.2, -0.15) is 0 Å². The Morgan fingerprint density at radius 2 is 0.667 bits per heavy atom. The van der Waals surface area contributed by atoms with Gasteiger partial charge in [0.2, 0.25) is 0 Å². The van der Waals surface area contributed by atoms with Gasteiger partial charge >= 0.3 is 0 Å². The molecule has 0 amide bonds. The van der Waals surface area contributed by atoms with E-state index in [2.05, 4.69) is 0 Å². The summed E-state index contributed by atoms with van der Waals surface area (Å²) >= 11 is 0. The van der Waals surface area contributed by atoms with E-state index in [9.17, 15) is 0 Å². The molecule has 12 heavy (non-hydrogen) atoms. The molecule has 1 radical (unpaired) electrons. The standard InChI is InChI=1S/Co.NO3.7H2O/c;2-1(3)4;;;;;;;/h;;7*1H2/q;-1;;;;;;;. The third-order valence-electron chi connectivity index (χ3n) is 0. The molecule has 0 rings (SSSR count). The van der Waals surface area contributed by atoms with Crippen LogP contribution >= 0.6 is 0 Å². The van der Waals surface area contributed by atoms with Gasteiger partial charge in [-0.05, 0) is 0 Å². The SMILES string of the molecule is O.O.O.O.O.O.O.O=[N+]([O-])[O-].[Co]. The Bertz CT molecular complexity index is 32.8. The third-order valence-corrected chi connectivity index (χ3v) is 0. The maximum absolute atomic E-state index is 8.25. The maximum Gasteiger partial charge on any atom is 0.0689 e. The van der Waals surface area contributed by atoms with Crippen molar-refractivity contribution < 1.29 is 60.2 Å². The molecule has 0 atom stereocenters. The molecule has 0 fully saturated rings. The molecule has 0 heterocycles. The van der Waals surface area contributed by atoms with Crippen LogP contribution in [0.4, 0.5) is 0 Å². The summed E-state index contributed by atoms with van der Waals surface area (Å²) in [7, 11) is 0. The van der Waals surface area contributed by atoms with Gasteiger partial charge in [-0.15, -0.1) is 0 Å². The smallest absolute Gasteiger partial charge is 0.0689 e. The first-order valence-electron chi connectivity index (χ1n) is 0.548. The summed E-state index contributed by atoms with van der Waals surface area (Å²) < 4.78 is 0. The van der Waals surface area contributed by atoms with Crippen molar-refractivity contribution in [3.63, 3.8) is 0 Å². The zero-order valence-electron chi connectivity index (χ0n) is 5.51. The van der Waals surface area contributed by atoms with Gasteiger partial charge in [-0.1, -0.05) is 0 Å². The molecular formula is H14CoNO10-. The van der Waals surface area contributed by atoms with Crippen LogP contribution in [0, 0.1) is 15.3 Å². The van der Waals surface area contributed by atoms with E-state index in [1.807, 2.05) is 0 Å². The molecule has 11 nitrogen and oxygen atoms in total. The second-order valence-electron chi connectivity index (χ2n) is 0.224. The zero-order chi connectivity index (χ0) is 3.58. The minimum Gasteiger partial charge on any atom is -0.412 e. The first-order chi connectivity index (χ1) is 1.73. The zero-order valence-corrected chi connectivity index (χ0v) is 6.55. The Morgan fingerprint density at radius 3 is 0.667 bits per heavy atom. The molecule has 0 aromatic rings. The fourth-order valence-electron chi connectivity index (χ4n) is 0. The molecule has 12 heteroatoms. The Labute approximate surface area is 76.5 Å². The maximum atomic E-state index is 8.25. The number of hydrogen-bond acceptors (Lipinski definition) is 3. The van der Waals surface area contributed by atoms with E-state index in [1.54, 1.807) is 0 Å². The third kappa shape index (κ3) is 2040. The summed E-state index contributed by atoms with van der Waals surface area (Å²) in [6, 6.07) is 0. The van der Waals surface area contributed by atoms with Crippen LogP contribution in [0.1, 0.15) is 0 Å². The average molecular weight is 247 g/mol. The van der Waals surface area contributed by atoms with Crippen LogP contribution in [0.3, 0.4) is 0 Å². The van der Waals surface area contributed by atoms with E-state index >= 15 is 0 Å². The van der Waals surface area contributed by atoms with Crippen molar-refractivity contribution in [3.05, 3.63) is 15.3 Å². The Morgan fingerprint density at radius 1 is 0.667 bits per heavy atom. The van der Waals surface area contributed by atoms with Gasteiger partial charge in [0, 0.05) is 16.8 Å². The number of rotatable bonds is 0. The van der Waals surface area contributed by atoms with Crippen LogP contribution in [0.15, 0.2) is 0 Å². The van der Waals surface area contributed by atoms with Crippen molar-refractivity contribution in [2.24, 2.45) is 0 Å². The molecule has 0 spiro atoms. The van der Waals surface area contributed by atoms with Gasteiger partial charge < -0.3 is 53.7 Å². The summed E-state index contributed by atoms with van der Waals surface area (Å²) in [6.07, 6.45) is 0. The van der Waals surface area contributed by atoms with Crippen molar-refractivity contribution in [2.75, 3.05) is 0 Å². The molecule has 0 saturated heterocycles. The summed E-state index contributed by atoms with van der Waals surface area (Å²) in [4.78, 5) is 8.25. The summed E-state index contributed by atoms with van der Waals surface area (Å²) in [5.41, 5.74) is 0. The quantitative estimate of drug-likeness (QED) is 0.298. The molecular weight excluding hydrogens is 233 g/mol. The van der Waals surface area contributed by atoms with Crippen LogP contribution in [0.25, 0.3) is 0 Å². The molecule has 0 saturated carbocycles. The van der Waals surface area contributed by atoms with Gasteiger partial charge in [-0.25, -0.2) is 0 Å². The topological polar surface area (TPSA) is 287 Å². The van der Waals surface area contributed by atoms with Crippen LogP contribution in [-0.4, -0.2) is 43.4 Å². The molecule has 0 unspecified atom stereocenters. The van der Waals surface area contributed by atoms with Crippen molar-refractivity contribution in [1.29, 1.82) is 0 Å². The van der Waals surface area contributed by atoms with Gasteiger partial charge in [0.25, 0.3) is 0 Å². The first kappa shape index (κ1) is 211. The number of nitrogens with zero attached hydrogens (tertiary/aromatic N) is 1. The second-order valence-corrected chi connectivity index (χ2v) is 0.224. The Hall–Kier alpha value is -0.574. The minimum absolute atomic E-state index is 0. The van der Waals surface area contributed by atoms with Crippen LogP contribution < -0.4 is 0 Å². The molecule has 0 bridgehead atoms. The normalized spacial score (nSPS) is 2.00. The van der Waals surface area contributed by atoms with Crippen molar-refractivity contribution >= 4 is 0 Å². The van der Waals surface area contributed by atoms with E-state index in [0.717, 1.165) is 0 Å². The van der Waals surface area contributed by atoms with E-state index in [0.29, 0.717) is 0 Å². The van der Waals surface area contributed by atoms with Crippen molar-refractivity contribution in [1.82, 2.24) is 0 Å². The van der Waals surface area contributed by atoms with Crippen molar-refractivity contribution in [3.8, 4) is 0 Å². The average Bonchev–Trinajstić information content (AvgIpc) is 0.811. The molecule has 0 aliphatic rings. The fourth-order valence-corrected chi connectivity index (χ4v) is 0.